The largest absolute Gasteiger partial charge is 0.347 e. The molecule has 0 atom stereocenters. The van der Waals surface area contributed by atoms with Crippen molar-refractivity contribution >= 4 is 21.8 Å². The SMILES string of the molecule is CC(C)=CC(=O)NCc1cnc(Br)cn1. The minimum atomic E-state index is -0.111. The van der Waals surface area contributed by atoms with Crippen LogP contribution in [0, 0.1) is 0 Å². The zero-order valence-corrected chi connectivity index (χ0v) is 10.2. The van der Waals surface area contributed by atoms with E-state index < -0.39 is 0 Å². The molecule has 4 nitrogen and oxygen atoms in total. The van der Waals surface area contributed by atoms with E-state index in [1.165, 1.54) is 0 Å². The Kier molecular flexibility index (Phi) is 4.42. The van der Waals surface area contributed by atoms with Crippen LogP contribution in [0.5, 0.6) is 0 Å². The number of rotatable bonds is 3. The number of hydrogen-bond acceptors (Lipinski definition) is 3. The zero-order chi connectivity index (χ0) is 11.3. The molecule has 1 aromatic rings. The first kappa shape index (κ1) is 11.8. The molecule has 5 heteroatoms. The summed E-state index contributed by atoms with van der Waals surface area (Å²) in [4.78, 5) is 19.3. The smallest absolute Gasteiger partial charge is 0.244 e. The van der Waals surface area contributed by atoms with Crippen molar-refractivity contribution < 1.29 is 4.79 Å². The summed E-state index contributed by atoms with van der Waals surface area (Å²) in [5.74, 6) is -0.111. The second kappa shape index (κ2) is 5.60. The van der Waals surface area contributed by atoms with Crippen LogP contribution in [0.15, 0.2) is 28.6 Å². The number of amides is 1. The highest BCUT2D eigenvalue weighted by molar-refractivity contribution is 9.10. The number of halogens is 1. The van der Waals surface area contributed by atoms with E-state index in [9.17, 15) is 4.79 Å². The molecule has 0 aliphatic rings. The van der Waals surface area contributed by atoms with Gasteiger partial charge >= 0.3 is 0 Å². The number of carbonyl (C=O) groups excluding carboxylic acids is 1. The Bertz CT molecular complexity index is 369. The first-order valence-electron chi connectivity index (χ1n) is 4.47. The quantitative estimate of drug-likeness (QED) is 0.852. The molecular weight excluding hydrogens is 258 g/mol. The van der Waals surface area contributed by atoms with E-state index in [1.807, 2.05) is 13.8 Å². The first-order chi connectivity index (χ1) is 7.08. The van der Waals surface area contributed by atoms with Crippen LogP contribution in [-0.2, 0) is 11.3 Å². The minimum absolute atomic E-state index is 0.111. The van der Waals surface area contributed by atoms with Crippen LogP contribution in [0.1, 0.15) is 19.5 Å². The summed E-state index contributed by atoms with van der Waals surface area (Å²) in [7, 11) is 0. The molecule has 0 radical (unpaired) electrons. The fourth-order valence-corrected chi connectivity index (χ4v) is 1.13. The summed E-state index contributed by atoms with van der Waals surface area (Å²) in [6.45, 7) is 4.14. The third-order valence-electron chi connectivity index (χ3n) is 1.54. The van der Waals surface area contributed by atoms with Crippen molar-refractivity contribution in [2.75, 3.05) is 0 Å². The van der Waals surface area contributed by atoms with E-state index in [1.54, 1.807) is 18.5 Å². The van der Waals surface area contributed by atoms with Crippen LogP contribution in [0.4, 0.5) is 0 Å². The van der Waals surface area contributed by atoms with E-state index in [2.05, 4.69) is 31.2 Å². The fraction of sp³-hybridized carbons (Fsp3) is 0.300. The second-order valence-corrected chi connectivity index (χ2v) is 4.08. The summed E-state index contributed by atoms with van der Waals surface area (Å²) in [5.41, 5.74) is 1.70. The lowest BCUT2D eigenvalue weighted by Crippen LogP contribution is -2.21. The fourth-order valence-electron chi connectivity index (χ4n) is 0.921. The van der Waals surface area contributed by atoms with Crippen LogP contribution in [0.3, 0.4) is 0 Å². The maximum atomic E-state index is 11.2. The molecule has 1 aromatic heterocycles. The lowest BCUT2D eigenvalue weighted by atomic mass is 10.3. The summed E-state index contributed by atoms with van der Waals surface area (Å²) in [6, 6.07) is 0. The number of aromatic nitrogens is 2. The summed E-state index contributed by atoms with van der Waals surface area (Å²) >= 11 is 3.19. The number of nitrogens with one attached hydrogen (secondary N) is 1. The summed E-state index contributed by atoms with van der Waals surface area (Å²) in [5, 5.41) is 2.72. The van der Waals surface area contributed by atoms with Gasteiger partial charge in [-0.25, -0.2) is 4.98 Å². The van der Waals surface area contributed by atoms with Crippen molar-refractivity contribution in [3.8, 4) is 0 Å². The molecule has 0 bridgehead atoms. The molecule has 0 aliphatic carbocycles. The molecule has 1 N–H and O–H groups in total. The van der Waals surface area contributed by atoms with E-state index in [0.29, 0.717) is 11.1 Å². The molecule has 0 aliphatic heterocycles. The molecular formula is C10H12BrN3O. The maximum Gasteiger partial charge on any atom is 0.244 e. The highest BCUT2D eigenvalue weighted by atomic mass is 79.9. The van der Waals surface area contributed by atoms with Gasteiger partial charge in [-0.15, -0.1) is 0 Å². The van der Waals surface area contributed by atoms with Gasteiger partial charge in [0.2, 0.25) is 5.91 Å². The van der Waals surface area contributed by atoms with Gasteiger partial charge in [0.1, 0.15) is 4.60 Å². The molecule has 80 valence electrons. The lowest BCUT2D eigenvalue weighted by molar-refractivity contribution is -0.116. The Morgan fingerprint density at radius 2 is 2.20 bits per heavy atom. The molecule has 1 amide bonds. The predicted octanol–water partition coefficient (Wildman–Crippen LogP) is 1.82. The molecule has 0 saturated carbocycles. The van der Waals surface area contributed by atoms with Crippen molar-refractivity contribution in [3.63, 3.8) is 0 Å². The first-order valence-corrected chi connectivity index (χ1v) is 5.26. The molecule has 0 saturated heterocycles. The van der Waals surface area contributed by atoms with E-state index in [-0.39, 0.29) is 5.91 Å². The van der Waals surface area contributed by atoms with Gasteiger partial charge in [-0.1, -0.05) is 5.57 Å². The number of nitrogens with zero attached hydrogens (tertiary/aromatic N) is 2. The van der Waals surface area contributed by atoms with Crippen molar-refractivity contribution in [3.05, 3.63) is 34.3 Å². The van der Waals surface area contributed by atoms with Crippen molar-refractivity contribution in [2.45, 2.75) is 20.4 Å². The monoisotopic (exact) mass is 269 g/mol. The number of allylic oxidation sites excluding steroid dienone is 1. The third kappa shape index (κ3) is 4.69. The van der Waals surface area contributed by atoms with Crippen molar-refractivity contribution in [2.24, 2.45) is 0 Å². The predicted molar refractivity (Wildman–Crippen MR) is 61.0 cm³/mol. The van der Waals surface area contributed by atoms with Crippen LogP contribution >= 0.6 is 15.9 Å². The molecule has 0 unspecified atom stereocenters. The van der Waals surface area contributed by atoms with Crippen LogP contribution in [0.25, 0.3) is 0 Å². The van der Waals surface area contributed by atoms with Crippen LogP contribution in [0.2, 0.25) is 0 Å². The molecule has 1 rings (SSSR count). The number of hydrogen-bond donors (Lipinski definition) is 1. The van der Waals surface area contributed by atoms with Gasteiger partial charge in [0, 0.05) is 6.08 Å². The van der Waals surface area contributed by atoms with Gasteiger partial charge in [0.05, 0.1) is 24.6 Å². The van der Waals surface area contributed by atoms with Crippen LogP contribution < -0.4 is 5.32 Å². The summed E-state index contributed by atoms with van der Waals surface area (Å²) < 4.78 is 0.682. The van der Waals surface area contributed by atoms with E-state index in [0.717, 1.165) is 11.3 Å². The summed E-state index contributed by atoms with van der Waals surface area (Å²) in [6.07, 6.45) is 4.77. The second-order valence-electron chi connectivity index (χ2n) is 3.27. The minimum Gasteiger partial charge on any atom is -0.347 e. The number of carbonyl (C=O) groups is 1. The average molecular weight is 270 g/mol. The van der Waals surface area contributed by atoms with Crippen LogP contribution in [-0.4, -0.2) is 15.9 Å². The molecule has 0 aromatic carbocycles. The van der Waals surface area contributed by atoms with Gasteiger partial charge in [0.15, 0.2) is 0 Å². The Morgan fingerprint density at radius 1 is 1.47 bits per heavy atom. The molecule has 1 heterocycles. The highest BCUT2D eigenvalue weighted by Crippen LogP contribution is 2.02. The van der Waals surface area contributed by atoms with Gasteiger partial charge in [0.25, 0.3) is 0 Å². The maximum absolute atomic E-state index is 11.2. The third-order valence-corrected chi connectivity index (χ3v) is 1.95. The topological polar surface area (TPSA) is 54.9 Å². The van der Waals surface area contributed by atoms with E-state index in [4.69, 9.17) is 0 Å². The van der Waals surface area contributed by atoms with E-state index >= 15 is 0 Å². The molecule has 0 fully saturated rings. The molecule has 0 spiro atoms. The van der Waals surface area contributed by atoms with Gasteiger partial charge in [-0.2, -0.15) is 0 Å². The Labute approximate surface area is 96.9 Å². The van der Waals surface area contributed by atoms with Gasteiger partial charge in [-0.05, 0) is 29.8 Å². The Morgan fingerprint density at radius 3 is 2.73 bits per heavy atom. The molecule has 15 heavy (non-hydrogen) atoms. The highest BCUT2D eigenvalue weighted by Gasteiger charge is 1.98. The average Bonchev–Trinajstić information content (AvgIpc) is 2.16. The van der Waals surface area contributed by atoms with Crippen molar-refractivity contribution in [1.82, 2.24) is 15.3 Å². The Hall–Kier alpha value is -1.23. The van der Waals surface area contributed by atoms with Gasteiger partial charge in [-0.3, -0.25) is 9.78 Å². The Balaban J connectivity index is 2.47. The normalized spacial score (nSPS) is 9.53. The lowest BCUT2D eigenvalue weighted by Gasteiger charge is -2.01. The van der Waals surface area contributed by atoms with Crippen molar-refractivity contribution in [1.29, 1.82) is 0 Å². The zero-order valence-electron chi connectivity index (χ0n) is 8.62. The van der Waals surface area contributed by atoms with Gasteiger partial charge < -0.3 is 5.32 Å². The standard InChI is InChI=1S/C10H12BrN3O/c1-7(2)3-10(15)14-5-8-4-13-9(11)6-12-8/h3-4,6H,5H2,1-2H3,(H,14,15).